The van der Waals surface area contributed by atoms with Gasteiger partial charge in [-0.25, -0.2) is 8.42 Å². The van der Waals surface area contributed by atoms with Gasteiger partial charge in [-0.1, -0.05) is 66.9 Å². The van der Waals surface area contributed by atoms with E-state index in [1.54, 1.807) is 0 Å². The standard InChI is InChI=1S/C24H31Cl2N3O4S/c1-5-13-27-24(31)21(6-2)28(15-18-9-7-17(3)8-10-18)23(30)16-29(34(4,32)33)22-14-19(25)11-12-20(22)26/h7-12,14,21H,5-6,13,15-16H2,1-4H3,(H,27,31)/t21-/m0/s1. The van der Waals surface area contributed by atoms with E-state index < -0.39 is 28.5 Å². The van der Waals surface area contributed by atoms with E-state index in [4.69, 9.17) is 23.2 Å². The molecule has 0 heterocycles. The van der Waals surface area contributed by atoms with Crippen molar-refractivity contribution in [3.05, 3.63) is 63.6 Å². The van der Waals surface area contributed by atoms with Crippen LogP contribution in [-0.2, 0) is 26.2 Å². The second kappa shape index (κ2) is 12.4. The van der Waals surface area contributed by atoms with Gasteiger partial charge in [0.25, 0.3) is 0 Å². The fraction of sp³-hybridized carbons (Fsp3) is 0.417. The van der Waals surface area contributed by atoms with Crippen LogP contribution in [0, 0.1) is 6.92 Å². The van der Waals surface area contributed by atoms with Crippen molar-refractivity contribution in [1.82, 2.24) is 10.2 Å². The Kier molecular flexibility index (Phi) is 10.2. The number of carbonyl (C=O) groups is 2. The first-order valence-corrected chi connectivity index (χ1v) is 13.6. The van der Waals surface area contributed by atoms with E-state index >= 15 is 0 Å². The summed E-state index contributed by atoms with van der Waals surface area (Å²) in [6.45, 7) is 5.82. The predicted octanol–water partition coefficient (Wildman–Crippen LogP) is 4.40. The Hall–Kier alpha value is -2.29. The van der Waals surface area contributed by atoms with Gasteiger partial charge in [0.15, 0.2) is 0 Å². The van der Waals surface area contributed by atoms with Crippen LogP contribution in [0.2, 0.25) is 10.0 Å². The van der Waals surface area contributed by atoms with Gasteiger partial charge in [-0.05, 0) is 43.5 Å². The minimum absolute atomic E-state index is 0.101. The average Bonchev–Trinajstić information content (AvgIpc) is 2.78. The van der Waals surface area contributed by atoms with Gasteiger partial charge in [-0.2, -0.15) is 0 Å². The van der Waals surface area contributed by atoms with Crippen LogP contribution in [0.1, 0.15) is 37.8 Å². The molecule has 2 aromatic carbocycles. The van der Waals surface area contributed by atoms with E-state index in [9.17, 15) is 18.0 Å². The Morgan fingerprint density at radius 2 is 1.71 bits per heavy atom. The summed E-state index contributed by atoms with van der Waals surface area (Å²) in [6.07, 6.45) is 2.11. The van der Waals surface area contributed by atoms with E-state index in [-0.39, 0.29) is 28.2 Å². The van der Waals surface area contributed by atoms with Crippen molar-refractivity contribution in [3.8, 4) is 0 Å². The fourth-order valence-corrected chi connectivity index (χ4v) is 4.74. The number of benzene rings is 2. The fourth-order valence-electron chi connectivity index (χ4n) is 3.45. The molecule has 0 aromatic heterocycles. The molecule has 0 saturated heterocycles. The van der Waals surface area contributed by atoms with E-state index in [0.717, 1.165) is 28.1 Å². The van der Waals surface area contributed by atoms with E-state index in [0.29, 0.717) is 13.0 Å². The lowest BCUT2D eigenvalue weighted by atomic mass is 10.1. The van der Waals surface area contributed by atoms with Gasteiger partial charge in [0.2, 0.25) is 21.8 Å². The number of aryl methyl sites for hydroxylation is 1. The number of sulfonamides is 1. The molecule has 0 saturated carbocycles. The molecular weight excluding hydrogens is 497 g/mol. The number of carbonyl (C=O) groups excluding carboxylic acids is 2. The van der Waals surface area contributed by atoms with Crippen LogP contribution < -0.4 is 9.62 Å². The summed E-state index contributed by atoms with van der Waals surface area (Å²) < 4.78 is 26.2. The molecule has 34 heavy (non-hydrogen) atoms. The van der Waals surface area contributed by atoms with Crippen molar-refractivity contribution < 1.29 is 18.0 Å². The molecular formula is C24H31Cl2N3O4S. The Balaban J connectivity index is 2.45. The second-order valence-corrected chi connectivity index (χ2v) is 10.8. The summed E-state index contributed by atoms with van der Waals surface area (Å²) in [6, 6.07) is 11.2. The van der Waals surface area contributed by atoms with Crippen LogP contribution in [0.5, 0.6) is 0 Å². The lowest BCUT2D eigenvalue weighted by Crippen LogP contribution is -2.52. The zero-order valence-corrected chi connectivity index (χ0v) is 22.2. The topological polar surface area (TPSA) is 86.8 Å². The number of amides is 2. The Morgan fingerprint density at radius 1 is 1.06 bits per heavy atom. The maximum Gasteiger partial charge on any atom is 0.244 e. The number of nitrogens with zero attached hydrogens (tertiary/aromatic N) is 2. The van der Waals surface area contributed by atoms with Gasteiger partial charge >= 0.3 is 0 Å². The maximum absolute atomic E-state index is 13.6. The quantitative estimate of drug-likeness (QED) is 0.469. The van der Waals surface area contributed by atoms with E-state index in [1.807, 2.05) is 45.0 Å². The molecule has 186 valence electrons. The second-order valence-electron chi connectivity index (χ2n) is 8.09. The highest BCUT2D eigenvalue weighted by Crippen LogP contribution is 2.31. The molecule has 0 radical (unpaired) electrons. The molecule has 0 aliphatic rings. The highest BCUT2D eigenvalue weighted by atomic mass is 35.5. The summed E-state index contributed by atoms with van der Waals surface area (Å²) in [7, 11) is -3.89. The van der Waals surface area contributed by atoms with Crippen LogP contribution >= 0.6 is 23.2 Å². The number of halogens is 2. The van der Waals surface area contributed by atoms with E-state index in [2.05, 4.69) is 5.32 Å². The third-order valence-electron chi connectivity index (χ3n) is 5.26. The highest BCUT2D eigenvalue weighted by Gasteiger charge is 2.32. The molecule has 10 heteroatoms. The molecule has 0 spiro atoms. The molecule has 2 amide bonds. The molecule has 1 atom stereocenters. The van der Waals surface area contributed by atoms with Gasteiger partial charge < -0.3 is 10.2 Å². The van der Waals surface area contributed by atoms with Crippen molar-refractivity contribution >= 4 is 50.7 Å². The predicted molar refractivity (Wildman–Crippen MR) is 138 cm³/mol. The van der Waals surface area contributed by atoms with Crippen molar-refractivity contribution in [2.75, 3.05) is 23.7 Å². The Labute approximate surface area is 212 Å². The monoisotopic (exact) mass is 527 g/mol. The molecule has 2 rings (SSSR count). The molecule has 0 bridgehead atoms. The number of rotatable bonds is 11. The maximum atomic E-state index is 13.6. The summed E-state index contributed by atoms with van der Waals surface area (Å²) in [5, 5.41) is 3.26. The van der Waals surface area contributed by atoms with Crippen molar-refractivity contribution in [2.24, 2.45) is 0 Å². The van der Waals surface area contributed by atoms with Gasteiger partial charge in [0.05, 0.1) is 17.0 Å². The first kappa shape index (κ1) is 28.0. The molecule has 0 fully saturated rings. The van der Waals surface area contributed by atoms with Crippen molar-refractivity contribution in [2.45, 2.75) is 46.2 Å². The number of hydrogen-bond acceptors (Lipinski definition) is 4. The zero-order valence-electron chi connectivity index (χ0n) is 19.8. The molecule has 7 nitrogen and oxygen atoms in total. The van der Waals surface area contributed by atoms with Gasteiger partial charge in [-0.3, -0.25) is 13.9 Å². The lowest BCUT2D eigenvalue weighted by Gasteiger charge is -2.33. The first-order chi connectivity index (χ1) is 16.0. The van der Waals surface area contributed by atoms with Crippen LogP contribution in [0.4, 0.5) is 5.69 Å². The molecule has 0 aliphatic heterocycles. The summed E-state index contributed by atoms with van der Waals surface area (Å²) in [4.78, 5) is 27.9. The molecule has 2 aromatic rings. The number of hydrogen-bond donors (Lipinski definition) is 1. The summed E-state index contributed by atoms with van der Waals surface area (Å²) in [5.74, 6) is -0.808. The summed E-state index contributed by atoms with van der Waals surface area (Å²) in [5.41, 5.74) is 1.99. The molecule has 0 aliphatic carbocycles. The third-order valence-corrected chi connectivity index (χ3v) is 6.95. The van der Waals surface area contributed by atoms with Crippen LogP contribution in [0.3, 0.4) is 0 Å². The first-order valence-electron chi connectivity index (χ1n) is 11.0. The third kappa shape index (κ3) is 7.61. The van der Waals surface area contributed by atoms with Gasteiger partial charge in [0, 0.05) is 18.1 Å². The zero-order chi connectivity index (χ0) is 25.5. The summed E-state index contributed by atoms with van der Waals surface area (Å²) >= 11 is 12.3. The number of nitrogens with one attached hydrogen (secondary N) is 1. The van der Waals surface area contributed by atoms with Gasteiger partial charge in [0.1, 0.15) is 12.6 Å². The van der Waals surface area contributed by atoms with Gasteiger partial charge in [-0.15, -0.1) is 0 Å². The minimum Gasteiger partial charge on any atom is -0.354 e. The Morgan fingerprint density at radius 3 is 2.26 bits per heavy atom. The van der Waals surface area contributed by atoms with Crippen LogP contribution in [0.15, 0.2) is 42.5 Å². The molecule has 1 N–H and O–H groups in total. The molecule has 0 unspecified atom stereocenters. The SMILES string of the molecule is CCCNC(=O)[C@H](CC)N(Cc1ccc(C)cc1)C(=O)CN(c1cc(Cl)ccc1Cl)S(C)(=O)=O. The van der Waals surface area contributed by atoms with Crippen molar-refractivity contribution in [3.63, 3.8) is 0 Å². The van der Waals surface area contributed by atoms with Crippen LogP contribution in [-0.4, -0.2) is 50.5 Å². The smallest absolute Gasteiger partial charge is 0.244 e. The highest BCUT2D eigenvalue weighted by molar-refractivity contribution is 7.92. The average molecular weight is 529 g/mol. The minimum atomic E-state index is -3.89. The normalized spacial score (nSPS) is 12.2. The lowest BCUT2D eigenvalue weighted by molar-refractivity contribution is -0.140. The van der Waals surface area contributed by atoms with E-state index in [1.165, 1.54) is 23.1 Å². The Bertz CT molecular complexity index is 1110. The van der Waals surface area contributed by atoms with Crippen molar-refractivity contribution in [1.29, 1.82) is 0 Å². The van der Waals surface area contributed by atoms with Crippen LogP contribution in [0.25, 0.3) is 0 Å². The number of anilines is 1. The largest absolute Gasteiger partial charge is 0.354 e.